The van der Waals surface area contributed by atoms with Crippen molar-refractivity contribution in [2.45, 2.75) is 0 Å². The van der Waals surface area contributed by atoms with Crippen LogP contribution in [0.25, 0.3) is 5.57 Å². The average Bonchev–Trinajstić information content (AvgIpc) is 3.05. The summed E-state index contributed by atoms with van der Waals surface area (Å²) in [4.78, 5) is 14.7. The Labute approximate surface area is 135 Å². The van der Waals surface area contributed by atoms with E-state index in [1.165, 1.54) is 11.1 Å². The van der Waals surface area contributed by atoms with Gasteiger partial charge in [0.25, 0.3) is 5.91 Å². The third-order valence-corrected chi connectivity index (χ3v) is 4.00. The Hall–Kier alpha value is -2.46. The number of carbonyl (C=O) groups excluding carboxylic acids is 1. The van der Waals surface area contributed by atoms with Crippen molar-refractivity contribution in [1.29, 1.82) is 0 Å². The molecule has 0 radical (unpaired) electrons. The first-order chi connectivity index (χ1) is 10.6. The minimum Gasteiger partial charge on any atom is -0.389 e. The predicted octanol–water partition coefficient (Wildman–Crippen LogP) is 2.86. The summed E-state index contributed by atoms with van der Waals surface area (Å²) in [5.41, 5.74) is 9.36. The number of hydrogen-bond acceptors (Lipinski definition) is 2. The minimum absolute atomic E-state index is 0.0247. The summed E-state index contributed by atoms with van der Waals surface area (Å²) in [5.74, 6) is 0.0247. The smallest absolute Gasteiger partial charge is 0.254 e. The lowest BCUT2D eigenvalue weighted by atomic mass is 10.1. The van der Waals surface area contributed by atoms with Crippen LogP contribution in [0.15, 0.2) is 60.7 Å². The number of carbonyl (C=O) groups is 1. The monoisotopic (exact) mass is 308 g/mol. The molecule has 3 rings (SSSR count). The van der Waals surface area contributed by atoms with Gasteiger partial charge < -0.3 is 10.6 Å². The van der Waals surface area contributed by atoms with Gasteiger partial charge in [-0.1, -0.05) is 60.8 Å². The predicted molar refractivity (Wildman–Crippen MR) is 92.7 cm³/mol. The van der Waals surface area contributed by atoms with Gasteiger partial charge in [0.05, 0.1) is 0 Å². The summed E-state index contributed by atoms with van der Waals surface area (Å²) in [5, 5.41) is 0. The fourth-order valence-corrected chi connectivity index (χ4v) is 2.67. The third-order valence-electron chi connectivity index (χ3n) is 3.77. The number of nitrogens with zero attached hydrogens (tertiary/aromatic N) is 1. The lowest BCUT2D eigenvalue weighted by molar-refractivity contribution is 0.0801. The number of rotatable bonds is 3. The van der Waals surface area contributed by atoms with Crippen molar-refractivity contribution in [2.24, 2.45) is 5.73 Å². The SMILES string of the molecule is NC(=S)c1ccc(C(=O)N2CC=C(c3ccccc3)C2)cc1. The van der Waals surface area contributed by atoms with E-state index in [-0.39, 0.29) is 5.91 Å². The van der Waals surface area contributed by atoms with Gasteiger partial charge in [0.15, 0.2) is 0 Å². The van der Waals surface area contributed by atoms with Gasteiger partial charge in [-0.15, -0.1) is 0 Å². The van der Waals surface area contributed by atoms with E-state index in [4.69, 9.17) is 18.0 Å². The topological polar surface area (TPSA) is 46.3 Å². The van der Waals surface area contributed by atoms with E-state index in [1.54, 1.807) is 24.3 Å². The maximum Gasteiger partial charge on any atom is 0.254 e. The molecule has 0 atom stereocenters. The second kappa shape index (κ2) is 6.12. The van der Waals surface area contributed by atoms with E-state index < -0.39 is 0 Å². The number of benzene rings is 2. The van der Waals surface area contributed by atoms with Gasteiger partial charge in [-0.05, 0) is 23.3 Å². The zero-order valence-corrected chi connectivity index (χ0v) is 12.8. The first-order valence-electron chi connectivity index (χ1n) is 7.09. The van der Waals surface area contributed by atoms with Crippen molar-refractivity contribution >= 4 is 28.7 Å². The molecular weight excluding hydrogens is 292 g/mol. The summed E-state index contributed by atoms with van der Waals surface area (Å²) >= 11 is 4.92. The van der Waals surface area contributed by atoms with Gasteiger partial charge in [-0.25, -0.2) is 0 Å². The molecule has 0 spiro atoms. The maximum absolute atomic E-state index is 12.5. The number of thiocarbonyl (C=S) groups is 1. The lowest BCUT2D eigenvalue weighted by Gasteiger charge is -2.17. The molecule has 0 saturated heterocycles. The van der Waals surface area contributed by atoms with Gasteiger partial charge in [0.2, 0.25) is 0 Å². The fraction of sp³-hybridized carbons (Fsp3) is 0.111. The van der Waals surface area contributed by atoms with E-state index in [1.807, 2.05) is 23.1 Å². The van der Waals surface area contributed by atoms with E-state index in [9.17, 15) is 4.79 Å². The standard InChI is InChI=1S/C18H16N2OS/c19-17(22)14-6-8-15(9-7-14)18(21)20-11-10-16(12-20)13-4-2-1-3-5-13/h1-10H,11-12H2,(H2,19,22). The van der Waals surface area contributed by atoms with Gasteiger partial charge in [0.1, 0.15) is 4.99 Å². The second-order valence-electron chi connectivity index (χ2n) is 5.22. The Kier molecular flexibility index (Phi) is 4.02. The summed E-state index contributed by atoms with van der Waals surface area (Å²) in [6.07, 6.45) is 2.11. The van der Waals surface area contributed by atoms with E-state index in [0.29, 0.717) is 23.6 Å². The fourth-order valence-electron chi connectivity index (χ4n) is 2.53. The van der Waals surface area contributed by atoms with Crippen LogP contribution in [0.4, 0.5) is 0 Å². The van der Waals surface area contributed by atoms with Crippen molar-refractivity contribution in [3.8, 4) is 0 Å². The van der Waals surface area contributed by atoms with Crippen LogP contribution >= 0.6 is 12.2 Å². The molecule has 2 aromatic rings. The van der Waals surface area contributed by atoms with Crippen LogP contribution < -0.4 is 5.73 Å². The van der Waals surface area contributed by atoms with Crippen molar-refractivity contribution in [1.82, 2.24) is 4.90 Å². The molecule has 0 saturated carbocycles. The zero-order valence-electron chi connectivity index (χ0n) is 12.0. The molecule has 1 aliphatic rings. The van der Waals surface area contributed by atoms with Crippen molar-refractivity contribution in [3.05, 3.63) is 77.4 Å². The Bertz CT molecular complexity index is 735. The Morgan fingerprint density at radius 2 is 1.64 bits per heavy atom. The highest BCUT2D eigenvalue weighted by atomic mass is 32.1. The average molecular weight is 308 g/mol. The molecule has 0 bridgehead atoms. The van der Waals surface area contributed by atoms with E-state index in [2.05, 4.69) is 18.2 Å². The van der Waals surface area contributed by atoms with Crippen molar-refractivity contribution in [3.63, 3.8) is 0 Å². The van der Waals surface area contributed by atoms with Gasteiger partial charge in [-0.3, -0.25) is 4.79 Å². The molecule has 3 nitrogen and oxygen atoms in total. The molecular formula is C18H16N2OS. The molecule has 1 heterocycles. The Morgan fingerprint density at radius 3 is 2.27 bits per heavy atom. The zero-order chi connectivity index (χ0) is 15.5. The lowest BCUT2D eigenvalue weighted by Crippen LogP contribution is -2.28. The van der Waals surface area contributed by atoms with Gasteiger partial charge in [0, 0.05) is 24.2 Å². The quantitative estimate of drug-likeness (QED) is 0.887. The molecule has 1 amide bonds. The summed E-state index contributed by atoms with van der Waals surface area (Å²) in [6, 6.07) is 17.3. The molecule has 4 heteroatoms. The minimum atomic E-state index is 0.0247. The number of amides is 1. The number of nitrogens with two attached hydrogens (primary N) is 1. The second-order valence-corrected chi connectivity index (χ2v) is 5.66. The molecule has 0 unspecified atom stereocenters. The van der Waals surface area contributed by atoms with Crippen LogP contribution in [0, 0.1) is 0 Å². The molecule has 110 valence electrons. The highest BCUT2D eigenvalue weighted by Gasteiger charge is 2.21. The van der Waals surface area contributed by atoms with Crippen LogP contribution in [0.2, 0.25) is 0 Å². The maximum atomic E-state index is 12.5. The van der Waals surface area contributed by atoms with Gasteiger partial charge >= 0.3 is 0 Å². The summed E-state index contributed by atoms with van der Waals surface area (Å²) in [6.45, 7) is 1.28. The van der Waals surface area contributed by atoms with Crippen molar-refractivity contribution in [2.75, 3.05) is 13.1 Å². The van der Waals surface area contributed by atoms with Crippen LogP contribution in [-0.4, -0.2) is 28.9 Å². The first-order valence-corrected chi connectivity index (χ1v) is 7.49. The molecule has 0 aromatic heterocycles. The van der Waals surface area contributed by atoms with Crippen LogP contribution in [0.3, 0.4) is 0 Å². The van der Waals surface area contributed by atoms with Gasteiger partial charge in [-0.2, -0.15) is 0 Å². The Morgan fingerprint density at radius 1 is 1.00 bits per heavy atom. The largest absolute Gasteiger partial charge is 0.389 e. The molecule has 2 N–H and O–H groups in total. The highest BCUT2D eigenvalue weighted by molar-refractivity contribution is 7.80. The van der Waals surface area contributed by atoms with Crippen molar-refractivity contribution < 1.29 is 4.79 Å². The Balaban J connectivity index is 1.71. The summed E-state index contributed by atoms with van der Waals surface area (Å²) < 4.78 is 0. The first kappa shape index (κ1) is 14.5. The molecule has 22 heavy (non-hydrogen) atoms. The third kappa shape index (κ3) is 2.92. The van der Waals surface area contributed by atoms with E-state index in [0.717, 1.165) is 5.56 Å². The molecule has 0 fully saturated rings. The van der Waals surface area contributed by atoms with Crippen LogP contribution in [0.1, 0.15) is 21.5 Å². The number of hydrogen-bond donors (Lipinski definition) is 1. The highest BCUT2D eigenvalue weighted by Crippen LogP contribution is 2.22. The van der Waals surface area contributed by atoms with E-state index >= 15 is 0 Å². The molecule has 0 aliphatic carbocycles. The normalized spacial score (nSPS) is 13.8. The summed E-state index contributed by atoms with van der Waals surface area (Å²) in [7, 11) is 0. The van der Waals surface area contributed by atoms with Crippen LogP contribution in [0.5, 0.6) is 0 Å². The molecule has 2 aromatic carbocycles. The van der Waals surface area contributed by atoms with Crippen LogP contribution in [-0.2, 0) is 0 Å². The molecule has 1 aliphatic heterocycles.